The summed E-state index contributed by atoms with van der Waals surface area (Å²) in [7, 11) is 3.21. The third kappa shape index (κ3) is 5.22. The molecule has 0 saturated heterocycles. The fraction of sp³-hybridized carbons (Fsp3) is 0.227. The van der Waals surface area contributed by atoms with Crippen molar-refractivity contribution in [1.82, 2.24) is 14.9 Å². The first-order valence-electron chi connectivity index (χ1n) is 9.22. The third-order valence-corrected chi connectivity index (χ3v) is 4.52. The molecule has 0 saturated carbocycles. The quantitative estimate of drug-likeness (QED) is 0.634. The van der Waals surface area contributed by atoms with Crippen molar-refractivity contribution in [3.05, 3.63) is 77.7 Å². The smallest absolute Gasteiger partial charge is 0.272 e. The predicted octanol–water partition coefficient (Wildman–Crippen LogP) is 2.96. The van der Waals surface area contributed by atoms with Gasteiger partial charge in [-0.15, -0.1) is 0 Å². The number of pyridine rings is 2. The maximum absolute atomic E-state index is 13.1. The molecule has 0 unspecified atom stereocenters. The van der Waals surface area contributed by atoms with E-state index in [2.05, 4.69) is 9.97 Å². The van der Waals surface area contributed by atoms with E-state index in [0.29, 0.717) is 42.5 Å². The molecule has 0 atom stereocenters. The molecule has 2 N–H and O–H groups in total. The van der Waals surface area contributed by atoms with Crippen LogP contribution >= 0.6 is 0 Å². The van der Waals surface area contributed by atoms with Crippen LogP contribution in [0.5, 0.6) is 11.5 Å². The Labute approximate surface area is 170 Å². The van der Waals surface area contributed by atoms with Gasteiger partial charge in [-0.1, -0.05) is 12.1 Å². The number of ether oxygens (including phenoxy) is 2. The summed E-state index contributed by atoms with van der Waals surface area (Å²) in [6.45, 7) is 0.957. The second-order valence-corrected chi connectivity index (χ2v) is 6.47. The number of nitrogen functional groups attached to an aromatic ring is 1. The minimum Gasteiger partial charge on any atom is -0.493 e. The van der Waals surface area contributed by atoms with Gasteiger partial charge in [0, 0.05) is 25.5 Å². The zero-order valence-corrected chi connectivity index (χ0v) is 16.5. The summed E-state index contributed by atoms with van der Waals surface area (Å²) >= 11 is 0. The van der Waals surface area contributed by atoms with E-state index < -0.39 is 0 Å². The monoisotopic (exact) mass is 392 g/mol. The Morgan fingerprint density at radius 2 is 1.76 bits per heavy atom. The van der Waals surface area contributed by atoms with Gasteiger partial charge in [-0.25, -0.2) is 4.98 Å². The molecule has 1 amide bonds. The number of carbonyl (C=O) groups is 1. The normalized spacial score (nSPS) is 10.4. The van der Waals surface area contributed by atoms with E-state index in [-0.39, 0.29) is 5.91 Å². The van der Waals surface area contributed by atoms with Gasteiger partial charge in [0.1, 0.15) is 11.5 Å². The Bertz CT molecular complexity index is 963. The van der Waals surface area contributed by atoms with Gasteiger partial charge in [0.25, 0.3) is 5.91 Å². The number of benzene rings is 1. The van der Waals surface area contributed by atoms with E-state index in [1.807, 2.05) is 30.3 Å². The summed E-state index contributed by atoms with van der Waals surface area (Å²) in [5.74, 6) is 1.48. The van der Waals surface area contributed by atoms with E-state index in [1.54, 1.807) is 49.7 Å². The molecule has 3 rings (SSSR count). The van der Waals surface area contributed by atoms with Crippen molar-refractivity contribution in [3.8, 4) is 11.5 Å². The molecule has 1 aromatic carbocycles. The Morgan fingerprint density at radius 3 is 2.45 bits per heavy atom. The lowest BCUT2D eigenvalue weighted by Gasteiger charge is -2.23. The van der Waals surface area contributed by atoms with Crippen LogP contribution < -0.4 is 15.2 Å². The summed E-state index contributed by atoms with van der Waals surface area (Å²) in [6, 6.07) is 14.6. The van der Waals surface area contributed by atoms with Gasteiger partial charge < -0.3 is 20.1 Å². The molecule has 2 heterocycles. The topological polar surface area (TPSA) is 90.6 Å². The molecule has 0 spiro atoms. The number of hydrogen-bond donors (Lipinski definition) is 1. The molecule has 0 aliphatic carbocycles. The first-order chi connectivity index (χ1) is 14.1. The van der Waals surface area contributed by atoms with Crippen LogP contribution in [0.1, 0.15) is 21.6 Å². The Morgan fingerprint density at radius 1 is 1.00 bits per heavy atom. The second kappa shape index (κ2) is 9.54. The molecular weight excluding hydrogens is 368 g/mol. The molecule has 3 aromatic rings. The number of amides is 1. The van der Waals surface area contributed by atoms with Gasteiger partial charge in [0.2, 0.25) is 0 Å². The number of nitrogens with zero attached hydrogens (tertiary/aromatic N) is 3. The summed E-state index contributed by atoms with van der Waals surface area (Å²) in [5.41, 5.74) is 8.11. The molecule has 0 bridgehead atoms. The van der Waals surface area contributed by atoms with Gasteiger partial charge in [0.05, 0.1) is 14.2 Å². The molecule has 7 nitrogen and oxygen atoms in total. The van der Waals surface area contributed by atoms with Crippen LogP contribution in [-0.4, -0.2) is 41.5 Å². The molecule has 0 aliphatic rings. The van der Waals surface area contributed by atoms with Crippen molar-refractivity contribution in [2.45, 2.75) is 13.0 Å². The maximum atomic E-state index is 13.1. The first-order valence-corrected chi connectivity index (χ1v) is 9.22. The van der Waals surface area contributed by atoms with Crippen molar-refractivity contribution in [2.75, 3.05) is 26.5 Å². The van der Waals surface area contributed by atoms with Crippen molar-refractivity contribution in [1.29, 1.82) is 0 Å². The van der Waals surface area contributed by atoms with E-state index in [4.69, 9.17) is 15.2 Å². The van der Waals surface area contributed by atoms with Crippen LogP contribution in [0.3, 0.4) is 0 Å². The van der Waals surface area contributed by atoms with Crippen LogP contribution in [0, 0.1) is 0 Å². The van der Waals surface area contributed by atoms with Gasteiger partial charge in [-0.3, -0.25) is 9.78 Å². The van der Waals surface area contributed by atoms with Crippen molar-refractivity contribution >= 4 is 11.7 Å². The zero-order chi connectivity index (χ0) is 20.6. The first kappa shape index (κ1) is 20.1. The van der Waals surface area contributed by atoms with E-state index in [9.17, 15) is 4.79 Å². The zero-order valence-electron chi connectivity index (χ0n) is 16.5. The molecule has 0 aliphatic heterocycles. The molecule has 29 heavy (non-hydrogen) atoms. The van der Waals surface area contributed by atoms with Gasteiger partial charge in [-0.05, 0) is 53.9 Å². The number of nitrogens with two attached hydrogens (primary N) is 1. The number of hydrogen-bond acceptors (Lipinski definition) is 6. The average molecular weight is 392 g/mol. The van der Waals surface area contributed by atoms with Crippen molar-refractivity contribution in [3.63, 3.8) is 0 Å². The van der Waals surface area contributed by atoms with Crippen LogP contribution in [0.4, 0.5) is 5.82 Å². The molecular formula is C22H24N4O3. The Kier molecular flexibility index (Phi) is 6.63. The van der Waals surface area contributed by atoms with Crippen molar-refractivity contribution in [2.24, 2.45) is 0 Å². The highest BCUT2D eigenvalue weighted by Crippen LogP contribution is 2.27. The van der Waals surface area contributed by atoms with Crippen LogP contribution in [0.2, 0.25) is 0 Å². The Balaban J connectivity index is 1.80. The summed E-state index contributed by atoms with van der Waals surface area (Å²) in [4.78, 5) is 23.1. The lowest BCUT2D eigenvalue weighted by atomic mass is 10.1. The number of anilines is 1. The minimum atomic E-state index is -0.172. The molecule has 0 radical (unpaired) electrons. The van der Waals surface area contributed by atoms with E-state index >= 15 is 0 Å². The minimum absolute atomic E-state index is 0.172. The fourth-order valence-electron chi connectivity index (χ4n) is 2.99. The van der Waals surface area contributed by atoms with E-state index in [0.717, 1.165) is 11.1 Å². The van der Waals surface area contributed by atoms with Gasteiger partial charge in [0.15, 0.2) is 11.5 Å². The van der Waals surface area contributed by atoms with E-state index in [1.165, 1.54) is 0 Å². The fourth-order valence-corrected chi connectivity index (χ4v) is 2.99. The summed E-state index contributed by atoms with van der Waals surface area (Å²) in [6.07, 6.45) is 4.08. The highest BCUT2D eigenvalue weighted by Gasteiger charge is 2.18. The highest BCUT2D eigenvalue weighted by molar-refractivity contribution is 5.92. The van der Waals surface area contributed by atoms with Crippen LogP contribution in [-0.2, 0) is 13.0 Å². The Hall–Kier alpha value is -3.61. The average Bonchev–Trinajstić information content (AvgIpc) is 2.76. The molecule has 7 heteroatoms. The summed E-state index contributed by atoms with van der Waals surface area (Å²) < 4.78 is 10.7. The number of rotatable bonds is 8. The SMILES string of the molecule is COc1ccc(CCN(Cc2ccncc2)C(=O)c2cccc(N)n2)cc1OC. The lowest BCUT2D eigenvalue weighted by Crippen LogP contribution is -2.33. The van der Waals surface area contributed by atoms with Crippen LogP contribution in [0.15, 0.2) is 60.9 Å². The summed E-state index contributed by atoms with van der Waals surface area (Å²) in [5, 5.41) is 0. The number of carbonyl (C=O) groups excluding carboxylic acids is 1. The number of methoxy groups -OCH3 is 2. The lowest BCUT2D eigenvalue weighted by molar-refractivity contribution is 0.0739. The number of aromatic nitrogens is 2. The van der Waals surface area contributed by atoms with Crippen molar-refractivity contribution < 1.29 is 14.3 Å². The van der Waals surface area contributed by atoms with Gasteiger partial charge >= 0.3 is 0 Å². The molecule has 0 fully saturated rings. The molecule has 2 aromatic heterocycles. The largest absolute Gasteiger partial charge is 0.493 e. The highest BCUT2D eigenvalue weighted by atomic mass is 16.5. The maximum Gasteiger partial charge on any atom is 0.272 e. The predicted molar refractivity (Wildman–Crippen MR) is 111 cm³/mol. The second-order valence-electron chi connectivity index (χ2n) is 6.47. The standard InChI is InChI=1S/C22H24N4O3/c1-28-19-7-6-16(14-20(19)29-2)10-13-26(15-17-8-11-24-12-9-17)22(27)18-4-3-5-21(23)25-18/h3-9,11-12,14H,10,13,15H2,1-2H3,(H2,23,25). The molecule has 150 valence electrons. The third-order valence-electron chi connectivity index (χ3n) is 4.52. The van der Waals surface area contributed by atoms with Crippen LogP contribution in [0.25, 0.3) is 0 Å². The van der Waals surface area contributed by atoms with Gasteiger partial charge in [-0.2, -0.15) is 0 Å².